The average molecular weight is 284 g/mol. The zero-order chi connectivity index (χ0) is 14.5. The van der Waals surface area contributed by atoms with Crippen molar-refractivity contribution in [3.05, 3.63) is 53.9 Å². The molecule has 1 aliphatic rings. The molecule has 1 fully saturated rings. The number of rotatable bonds is 5. The molecule has 1 unspecified atom stereocenters. The van der Waals surface area contributed by atoms with Crippen molar-refractivity contribution in [2.45, 2.75) is 32.0 Å². The third kappa shape index (κ3) is 3.70. The van der Waals surface area contributed by atoms with Crippen LogP contribution in [0.15, 0.2) is 42.7 Å². The van der Waals surface area contributed by atoms with Crippen LogP contribution in [0.25, 0.3) is 0 Å². The Bertz CT molecular complexity index is 587. The van der Waals surface area contributed by atoms with Crippen LogP contribution in [0.5, 0.6) is 0 Å². The fourth-order valence-corrected chi connectivity index (χ4v) is 2.58. The van der Waals surface area contributed by atoms with Crippen molar-refractivity contribution >= 4 is 5.91 Å². The van der Waals surface area contributed by atoms with Crippen LogP contribution < -0.4 is 10.6 Å². The van der Waals surface area contributed by atoms with Gasteiger partial charge in [-0.25, -0.2) is 0 Å². The summed E-state index contributed by atoms with van der Waals surface area (Å²) in [5, 5.41) is 10.5. The molecule has 3 rings (SSSR count). The SMILES string of the molecule is O=C(NCc1cnn(Cc2ccccc2)c1)C1CCCN1. The van der Waals surface area contributed by atoms with Gasteiger partial charge in [0.15, 0.2) is 0 Å². The third-order valence-electron chi connectivity index (χ3n) is 3.72. The monoisotopic (exact) mass is 284 g/mol. The van der Waals surface area contributed by atoms with Crippen molar-refractivity contribution in [3.63, 3.8) is 0 Å². The molecular formula is C16H20N4O. The first kappa shape index (κ1) is 13.8. The van der Waals surface area contributed by atoms with Crippen molar-refractivity contribution in [2.24, 2.45) is 0 Å². The number of carbonyl (C=O) groups is 1. The summed E-state index contributed by atoms with van der Waals surface area (Å²) in [6, 6.07) is 10.2. The topological polar surface area (TPSA) is 59.0 Å². The first-order chi connectivity index (χ1) is 10.3. The minimum absolute atomic E-state index is 0.0237. The molecule has 2 heterocycles. The van der Waals surface area contributed by atoms with E-state index in [9.17, 15) is 4.79 Å². The second kappa shape index (κ2) is 6.54. The molecule has 1 saturated heterocycles. The van der Waals surface area contributed by atoms with E-state index in [-0.39, 0.29) is 11.9 Å². The number of carbonyl (C=O) groups excluding carboxylic acids is 1. The van der Waals surface area contributed by atoms with Crippen LogP contribution in [0.1, 0.15) is 24.0 Å². The molecule has 2 N–H and O–H groups in total. The molecule has 110 valence electrons. The Morgan fingerprint density at radius 2 is 2.19 bits per heavy atom. The molecule has 1 atom stereocenters. The minimum Gasteiger partial charge on any atom is -0.351 e. The van der Waals surface area contributed by atoms with Crippen LogP contribution in [0.4, 0.5) is 0 Å². The normalized spacial score (nSPS) is 17.8. The molecule has 0 bridgehead atoms. The Balaban J connectivity index is 1.52. The van der Waals surface area contributed by atoms with E-state index in [0.717, 1.165) is 31.5 Å². The summed E-state index contributed by atoms with van der Waals surface area (Å²) in [6.07, 6.45) is 5.80. The van der Waals surface area contributed by atoms with Crippen LogP contribution in [0.3, 0.4) is 0 Å². The average Bonchev–Trinajstić information content (AvgIpc) is 3.17. The fraction of sp³-hybridized carbons (Fsp3) is 0.375. The molecule has 5 nitrogen and oxygen atoms in total. The lowest BCUT2D eigenvalue weighted by molar-refractivity contribution is -0.122. The number of nitrogens with zero attached hydrogens (tertiary/aromatic N) is 2. The standard InChI is InChI=1S/C16H20N4O/c21-16(15-7-4-8-17-15)18-9-14-10-19-20(12-14)11-13-5-2-1-3-6-13/h1-3,5-6,10,12,15,17H,4,7-9,11H2,(H,18,21). The highest BCUT2D eigenvalue weighted by molar-refractivity contribution is 5.81. The Kier molecular flexibility index (Phi) is 4.31. The molecule has 1 aromatic carbocycles. The Labute approximate surface area is 124 Å². The maximum atomic E-state index is 11.9. The molecular weight excluding hydrogens is 264 g/mol. The highest BCUT2D eigenvalue weighted by Crippen LogP contribution is 2.06. The molecule has 0 saturated carbocycles. The molecule has 0 spiro atoms. The predicted octanol–water partition coefficient (Wildman–Crippen LogP) is 1.30. The molecule has 1 aliphatic heterocycles. The van der Waals surface area contributed by atoms with E-state index in [1.165, 1.54) is 5.56 Å². The van der Waals surface area contributed by atoms with Gasteiger partial charge in [-0.15, -0.1) is 0 Å². The second-order valence-corrected chi connectivity index (χ2v) is 5.40. The summed E-state index contributed by atoms with van der Waals surface area (Å²) in [5.74, 6) is 0.0864. The summed E-state index contributed by atoms with van der Waals surface area (Å²) in [4.78, 5) is 11.9. The summed E-state index contributed by atoms with van der Waals surface area (Å²) >= 11 is 0. The summed E-state index contributed by atoms with van der Waals surface area (Å²) in [7, 11) is 0. The number of nitrogens with one attached hydrogen (secondary N) is 2. The van der Waals surface area contributed by atoms with E-state index in [4.69, 9.17) is 0 Å². The molecule has 0 radical (unpaired) electrons. The van der Waals surface area contributed by atoms with E-state index in [0.29, 0.717) is 6.54 Å². The number of benzene rings is 1. The number of hydrogen-bond acceptors (Lipinski definition) is 3. The number of hydrogen-bond donors (Lipinski definition) is 2. The number of aromatic nitrogens is 2. The van der Waals surface area contributed by atoms with Crippen LogP contribution in [-0.4, -0.2) is 28.3 Å². The van der Waals surface area contributed by atoms with Gasteiger partial charge in [-0.05, 0) is 24.9 Å². The fourth-order valence-electron chi connectivity index (χ4n) is 2.58. The lowest BCUT2D eigenvalue weighted by Crippen LogP contribution is -2.39. The quantitative estimate of drug-likeness (QED) is 0.870. The van der Waals surface area contributed by atoms with E-state index in [2.05, 4.69) is 27.9 Å². The smallest absolute Gasteiger partial charge is 0.237 e. The largest absolute Gasteiger partial charge is 0.351 e. The van der Waals surface area contributed by atoms with Crippen molar-refractivity contribution in [1.82, 2.24) is 20.4 Å². The van der Waals surface area contributed by atoms with Crippen LogP contribution in [0, 0.1) is 0 Å². The molecule has 5 heteroatoms. The predicted molar refractivity (Wildman–Crippen MR) is 80.6 cm³/mol. The van der Waals surface area contributed by atoms with Crippen LogP contribution in [-0.2, 0) is 17.9 Å². The maximum Gasteiger partial charge on any atom is 0.237 e. The zero-order valence-corrected chi connectivity index (χ0v) is 12.0. The highest BCUT2D eigenvalue weighted by Gasteiger charge is 2.21. The molecule has 1 aromatic heterocycles. The van der Waals surface area contributed by atoms with Gasteiger partial charge in [-0.1, -0.05) is 30.3 Å². The Morgan fingerprint density at radius 3 is 2.95 bits per heavy atom. The summed E-state index contributed by atoms with van der Waals surface area (Å²) in [6.45, 7) is 2.22. The van der Waals surface area contributed by atoms with Gasteiger partial charge in [0.2, 0.25) is 5.91 Å². The molecule has 21 heavy (non-hydrogen) atoms. The Hall–Kier alpha value is -2.14. The first-order valence-corrected chi connectivity index (χ1v) is 7.37. The van der Waals surface area contributed by atoms with Gasteiger partial charge in [0.1, 0.15) is 0 Å². The van der Waals surface area contributed by atoms with E-state index < -0.39 is 0 Å². The Morgan fingerprint density at radius 1 is 1.33 bits per heavy atom. The van der Waals surface area contributed by atoms with Gasteiger partial charge in [-0.3, -0.25) is 9.48 Å². The lowest BCUT2D eigenvalue weighted by atomic mass is 10.2. The van der Waals surface area contributed by atoms with Gasteiger partial charge in [-0.2, -0.15) is 5.10 Å². The van der Waals surface area contributed by atoms with Crippen molar-refractivity contribution in [1.29, 1.82) is 0 Å². The number of amides is 1. The third-order valence-corrected chi connectivity index (χ3v) is 3.72. The lowest BCUT2D eigenvalue weighted by Gasteiger charge is -2.09. The van der Waals surface area contributed by atoms with Gasteiger partial charge in [0, 0.05) is 18.3 Å². The van der Waals surface area contributed by atoms with Gasteiger partial charge >= 0.3 is 0 Å². The van der Waals surface area contributed by atoms with Gasteiger partial charge in [0.05, 0.1) is 18.8 Å². The zero-order valence-electron chi connectivity index (χ0n) is 12.0. The molecule has 1 amide bonds. The van der Waals surface area contributed by atoms with Gasteiger partial charge < -0.3 is 10.6 Å². The van der Waals surface area contributed by atoms with Crippen LogP contribution >= 0.6 is 0 Å². The maximum absolute atomic E-state index is 11.9. The summed E-state index contributed by atoms with van der Waals surface area (Å²) < 4.78 is 1.89. The van der Waals surface area contributed by atoms with E-state index in [1.807, 2.05) is 35.3 Å². The van der Waals surface area contributed by atoms with Crippen LogP contribution in [0.2, 0.25) is 0 Å². The first-order valence-electron chi connectivity index (χ1n) is 7.37. The highest BCUT2D eigenvalue weighted by atomic mass is 16.2. The van der Waals surface area contributed by atoms with Crippen molar-refractivity contribution < 1.29 is 4.79 Å². The second-order valence-electron chi connectivity index (χ2n) is 5.40. The van der Waals surface area contributed by atoms with Gasteiger partial charge in [0.25, 0.3) is 0 Å². The van der Waals surface area contributed by atoms with E-state index in [1.54, 1.807) is 0 Å². The molecule has 0 aliphatic carbocycles. The van der Waals surface area contributed by atoms with E-state index >= 15 is 0 Å². The molecule has 2 aromatic rings. The summed E-state index contributed by atoms with van der Waals surface area (Å²) in [5.41, 5.74) is 2.24. The van der Waals surface area contributed by atoms with Crippen molar-refractivity contribution in [2.75, 3.05) is 6.54 Å². The minimum atomic E-state index is -0.0237. The van der Waals surface area contributed by atoms with Crippen molar-refractivity contribution in [3.8, 4) is 0 Å².